The second kappa shape index (κ2) is 14.7. The Morgan fingerprint density at radius 3 is 1.08 bits per heavy atom. The molecule has 0 bridgehead atoms. The predicted octanol–water partition coefficient (Wildman–Crippen LogP) is 14.2. The molecule has 0 fully saturated rings. The van der Waals surface area contributed by atoms with Gasteiger partial charge in [-0.25, -0.2) is 0 Å². The van der Waals surface area contributed by atoms with Crippen molar-refractivity contribution in [3.05, 3.63) is 152 Å². The van der Waals surface area contributed by atoms with E-state index in [1.165, 1.54) is 33.4 Å². The largest absolute Gasteiger partial charge is 0.310 e. The minimum atomic E-state index is 0.996. The lowest BCUT2D eigenvalue weighted by Gasteiger charge is -2.29. The first kappa shape index (κ1) is 34.0. The van der Waals surface area contributed by atoms with Crippen LogP contribution in [0.1, 0.15) is 61.1 Å². The fraction of sp³-hybridized carbons (Fsp3) is 0.227. The zero-order chi connectivity index (χ0) is 33.9. The van der Waals surface area contributed by atoms with Crippen LogP contribution in [0.5, 0.6) is 0 Å². The highest BCUT2D eigenvalue weighted by Gasteiger charge is 2.20. The van der Waals surface area contributed by atoms with Crippen molar-refractivity contribution < 1.29 is 0 Å². The van der Waals surface area contributed by atoms with E-state index in [4.69, 9.17) is 0 Å². The van der Waals surface area contributed by atoms with Gasteiger partial charge >= 0.3 is 0 Å². The Balaban J connectivity index is 1.52. The van der Waals surface area contributed by atoms with Gasteiger partial charge in [0.25, 0.3) is 0 Å². The Morgan fingerprint density at radius 2 is 0.750 bits per heavy atom. The van der Waals surface area contributed by atoms with E-state index >= 15 is 0 Å². The summed E-state index contributed by atoms with van der Waals surface area (Å²) in [5, 5.41) is 2.31. The molecule has 244 valence electrons. The molecule has 2 nitrogen and oxygen atoms in total. The molecule has 0 spiro atoms. The minimum Gasteiger partial charge on any atom is -0.310 e. The molecular formula is C44H44Br2N2. The fourth-order valence-corrected chi connectivity index (χ4v) is 7.74. The summed E-state index contributed by atoms with van der Waals surface area (Å²) in [6.45, 7) is 13.3. The van der Waals surface area contributed by atoms with Crippen LogP contribution in [0.2, 0.25) is 0 Å². The van der Waals surface area contributed by atoms with Crippen molar-refractivity contribution in [2.24, 2.45) is 0 Å². The van der Waals surface area contributed by atoms with Gasteiger partial charge in [0.05, 0.1) is 0 Å². The highest BCUT2D eigenvalue weighted by molar-refractivity contribution is 9.11. The van der Waals surface area contributed by atoms with Crippen molar-refractivity contribution in [3.63, 3.8) is 0 Å². The van der Waals surface area contributed by atoms with Crippen LogP contribution in [-0.2, 0) is 25.7 Å². The molecule has 0 radical (unpaired) electrons. The molecule has 0 saturated heterocycles. The fourth-order valence-electron chi connectivity index (χ4n) is 6.61. The normalized spacial score (nSPS) is 11.2. The monoisotopic (exact) mass is 758 g/mol. The number of hydrogen-bond donors (Lipinski definition) is 0. The summed E-state index contributed by atoms with van der Waals surface area (Å²) in [7, 11) is 0. The molecule has 0 aromatic heterocycles. The van der Waals surface area contributed by atoms with Crippen LogP contribution in [0.25, 0.3) is 10.8 Å². The molecule has 6 aromatic carbocycles. The number of halogens is 2. The Morgan fingerprint density at radius 1 is 0.396 bits per heavy atom. The first-order chi connectivity index (χ1) is 23.2. The zero-order valence-corrected chi connectivity index (χ0v) is 32.0. The summed E-state index contributed by atoms with van der Waals surface area (Å²) in [6.07, 6.45) is 4.03. The predicted molar refractivity (Wildman–Crippen MR) is 216 cm³/mol. The van der Waals surface area contributed by atoms with E-state index < -0.39 is 0 Å². The van der Waals surface area contributed by atoms with Gasteiger partial charge in [-0.05, 0) is 156 Å². The van der Waals surface area contributed by atoms with E-state index in [1.54, 1.807) is 0 Å². The molecule has 0 N–H and O–H groups in total. The number of anilines is 6. The van der Waals surface area contributed by atoms with Crippen LogP contribution in [0.3, 0.4) is 0 Å². The van der Waals surface area contributed by atoms with Crippen LogP contribution in [-0.4, -0.2) is 0 Å². The molecule has 4 heteroatoms. The van der Waals surface area contributed by atoms with Gasteiger partial charge in [0.15, 0.2) is 0 Å². The Hall–Kier alpha value is -3.86. The second-order valence-electron chi connectivity index (χ2n) is 12.6. The molecule has 0 saturated carbocycles. The molecule has 0 amide bonds. The standard InChI is InChI=1S/C44H44Br2N2/c1-7-31-13-19-35(20-14-31)47(37-17-11-29(5)33(9-3)23-37)39-25-41-42(43(45)27-39)26-40(28-44(41)46)48(36-21-15-32(8-2)16-22-36)38-18-12-30(6)34(10-4)24-38/h11-28H,7-10H2,1-6H3. The van der Waals surface area contributed by atoms with Crippen molar-refractivity contribution in [1.29, 1.82) is 0 Å². The minimum absolute atomic E-state index is 0.996. The number of fused-ring (bicyclic) bond motifs is 1. The summed E-state index contributed by atoms with van der Waals surface area (Å²) in [4.78, 5) is 4.76. The highest BCUT2D eigenvalue weighted by Crippen LogP contribution is 2.45. The first-order valence-corrected chi connectivity index (χ1v) is 18.7. The molecule has 0 unspecified atom stereocenters. The molecule has 0 aliphatic heterocycles. The van der Waals surface area contributed by atoms with E-state index in [0.29, 0.717) is 0 Å². The van der Waals surface area contributed by atoms with Crippen molar-refractivity contribution in [3.8, 4) is 0 Å². The second-order valence-corrected chi connectivity index (χ2v) is 14.3. The zero-order valence-electron chi connectivity index (χ0n) is 28.9. The number of hydrogen-bond acceptors (Lipinski definition) is 2. The van der Waals surface area contributed by atoms with Gasteiger partial charge in [0, 0.05) is 43.1 Å². The van der Waals surface area contributed by atoms with Crippen molar-refractivity contribution in [2.45, 2.75) is 67.2 Å². The van der Waals surface area contributed by atoms with E-state index in [-0.39, 0.29) is 0 Å². The molecule has 6 rings (SSSR count). The maximum Gasteiger partial charge on any atom is 0.0479 e. The van der Waals surface area contributed by atoms with Gasteiger partial charge in [0.2, 0.25) is 0 Å². The quantitative estimate of drug-likeness (QED) is 0.137. The maximum absolute atomic E-state index is 4.04. The topological polar surface area (TPSA) is 6.48 Å². The Kier molecular flexibility index (Phi) is 10.4. The highest BCUT2D eigenvalue weighted by atomic mass is 79.9. The summed E-state index contributed by atoms with van der Waals surface area (Å²) < 4.78 is 2.10. The van der Waals surface area contributed by atoms with Crippen LogP contribution in [0.15, 0.2) is 118 Å². The Labute approximate surface area is 303 Å². The van der Waals surface area contributed by atoms with Crippen molar-refractivity contribution >= 4 is 76.8 Å². The molecule has 0 atom stereocenters. The molecule has 0 aliphatic carbocycles. The molecule has 6 aromatic rings. The SMILES string of the molecule is CCc1ccc(N(c2ccc(C)c(CC)c2)c2cc(Br)c3cc(N(c4ccc(CC)cc4)c4ccc(C)c(CC)c4)cc(Br)c3c2)cc1. The van der Waals surface area contributed by atoms with Crippen molar-refractivity contribution in [2.75, 3.05) is 9.80 Å². The number of rotatable bonds is 10. The lowest BCUT2D eigenvalue weighted by Crippen LogP contribution is -2.12. The van der Waals surface area contributed by atoms with E-state index in [0.717, 1.165) is 79.5 Å². The summed E-state index contributed by atoms with van der Waals surface area (Å²) in [6, 6.07) is 40.8. The average Bonchev–Trinajstić information content (AvgIpc) is 3.11. The van der Waals surface area contributed by atoms with Crippen LogP contribution >= 0.6 is 31.9 Å². The maximum atomic E-state index is 4.04. The van der Waals surface area contributed by atoms with Gasteiger partial charge < -0.3 is 9.80 Å². The third-order valence-electron chi connectivity index (χ3n) is 9.60. The number of nitrogens with zero attached hydrogens (tertiary/aromatic N) is 2. The van der Waals surface area contributed by atoms with E-state index in [9.17, 15) is 0 Å². The third kappa shape index (κ3) is 6.84. The summed E-state index contributed by atoms with van der Waals surface area (Å²) >= 11 is 8.08. The van der Waals surface area contributed by atoms with Crippen LogP contribution in [0.4, 0.5) is 34.1 Å². The first-order valence-electron chi connectivity index (χ1n) is 17.1. The van der Waals surface area contributed by atoms with Crippen LogP contribution < -0.4 is 9.80 Å². The van der Waals surface area contributed by atoms with Gasteiger partial charge in [-0.1, -0.05) is 96.0 Å². The van der Waals surface area contributed by atoms with Gasteiger partial charge in [-0.3, -0.25) is 0 Å². The molecule has 0 aliphatic rings. The van der Waals surface area contributed by atoms with Crippen LogP contribution in [0, 0.1) is 13.8 Å². The number of aryl methyl sites for hydroxylation is 6. The van der Waals surface area contributed by atoms with Gasteiger partial charge in [0.1, 0.15) is 0 Å². The molecule has 48 heavy (non-hydrogen) atoms. The molecule has 0 heterocycles. The van der Waals surface area contributed by atoms with E-state index in [2.05, 4.69) is 192 Å². The summed E-state index contributed by atoms with van der Waals surface area (Å²) in [5.74, 6) is 0. The lowest BCUT2D eigenvalue weighted by molar-refractivity contribution is 1.10. The number of benzene rings is 6. The lowest BCUT2D eigenvalue weighted by atomic mass is 10.0. The average molecular weight is 761 g/mol. The smallest absolute Gasteiger partial charge is 0.0479 e. The summed E-state index contributed by atoms with van der Waals surface area (Å²) in [5.41, 5.74) is 14.9. The van der Waals surface area contributed by atoms with E-state index in [1.807, 2.05) is 0 Å². The Bertz CT molecular complexity index is 1910. The van der Waals surface area contributed by atoms with Crippen molar-refractivity contribution in [1.82, 2.24) is 0 Å². The van der Waals surface area contributed by atoms with Gasteiger partial charge in [-0.2, -0.15) is 0 Å². The third-order valence-corrected chi connectivity index (χ3v) is 10.9. The molecular weight excluding hydrogens is 716 g/mol. The van der Waals surface area contributed by atoms with Gasteiger partial charge in [-0.15, -0.1) is 0 Å².